The summed E-state index contributed by atoms with van der Waals surface area (Å²) in [5, 5.41) is 2.60. The second-order valence-corrected chi connectivity index (χ2v) is 5.20. The van der Waals surface area contributed by atoms with E-state index in [9.17, 15) is 14.0 Å². The summed E-state index contributed by atoms with van der Waals surface area (Å²) in [6, 6.07) is 12.6. The van der Waals surface area contributed by atoms with E-state index in [1.165, 1.54) is 30.0 Å². The minimum atomic E-state index is -0.864. The number of fused-ring (bicyclic) bond motifs is 1. The van der Waals surface area contributed by atoms with Gasteiger partial charge < -0.3 is 15.0 Å². The molecule has 1 aliphatic heterocycles. The molecule has 0 saturated heterocycles. The predicted octanol–water partition coefficient (Wildman–Crippen LogP) is 2.58. The van der Waals surface area contributed by atoms with Crippen LogP contribution in [0.15, 0.2) is 48.5 Å². The number of carbonyl (C=O) groups excluding carboxylic acids is 2. The third-order valence-corrected chi connectivity index (χ3v) is 3.54. The van der Waals surface area contributed by atoms with Gasteiger partial charge in [0.25, 0.3) is 5.91 Å². The summed E-state index contributed by atoms with van der Waals surface area (Å²) in [4.78, 5) is 25.7. The maximum Gasteiger partial charge on any atom is 0.267 e. The second kappa shape index (κ2) is 6.08. The maximum atomic E-state index is 13.2. The molecule has 2 aromatic rings. The van der Waals surface area contributed by atoms with Crippen LogP contribution < -0.4 is 15.0 Å². The van der Waals surface area contributed by atoms with E-state index in [-0.39, 0.29) is 12.5 Å². The molecule has 5 nitrogen and oxygen atoms in total. The van der Waals surface area contributed by atoms with Gasteiger partial charge in [0.05, 0.1) is 12.2 Å². The Bertz CT molecular complexity index is 763. The molecule has 0 fully saturated rings. The molecule has 0 radical (unpaired) electrons. The fourth-order valence-corrected chi connectivity index (χ4v) is 2.46. The molecular weight excluding hydrogens is 299 g/mol. The Hall–Kier alpha value is -2.89. The molecule has 2 amide bonds. The first-order chi connectivity index (χ1) is 11.0. The molecule has 23 heavy (non-hydrogen) atoms. The van der Waals surface area contributed by atoms with Gasteiger partial charge in [-0.3, -0.25) is 9.59 Å². The van der Waals surface area contributed by atoms with E-state index in [1.54, 1.807) is 30.3 Å². The van der Waals surface area contributed by atoms with E-state index < -0.39 is 17.8 Å². The van der Waals surface area contributed by atoms with Gasteiger partial charge in [0.15, 0.2) is 6.10 Å². The number of nitrogens with one attached hydrogen (secondary N) is 1. The topological polar surface area (TPSA) is 58.6 Å². The van der Waals surface area contributed by atoms with Gasteiger partial charge in [-0.25, -0.2) is 4.39 Å². The molecule has 118 valence electrons. The number of anilines is 2. The van der Waals surface area contributed by atoms with Crippen LogP contribution in [-0.2, 0) is 9.59 Å². The highest BCUT2D eigenvalue weighted by molar-refractivity contribution is 5.99. The van der Waals surface area contributed by atoms with Gasteiger partial charge in [-0.15, -0.1) is 0 Å². The summed E-state index contributed by atoms with van der Waals surface area (Å²) in [6.45, 7) is 1.54. The van der Waals surface area contributed by atoms with Crippen LogP contribution in [0.1, 0.15) is 6.92 Å². The molecule has 1 N–H and O–H groups in total. The number of hydrogen-bond acceptors (Lipinski definition) is 3. The summed E-state index contributed by atoms with van der Waals surface area (Å²) in [5.74, 6) is -0.586. The average Bonchev–Trinajstić information content (AvgIpc) is 2.53. The smallest absolute Gasteiger partial charge is 0.267 e. The Balaban J connectivity index is 1.81. The minimum absolute atomic E-state index is 0.105. The number of benzene rings is 2. The first kappa shape index (κ1) is 15.0. The lowest BCUT2D eigenvalue weighted by molar-refractivity contribution is -0.123. The lowest BCUT2D eigenvalue weighted by Gasteiger charge is -2.33. The van der Waals surface area contributed by atoms with Crippen LogP contribution in [0, 0.1) is 5.82 Å². The van der Waals surface area contributed by atoms with Gasteiger partial charge in [-0.2, -0.15) is 0 Å². The van der Waals surface area contributed by atoms with Crippen molar-refractivity contribution < 1.29 is 18.7 Å². The molecule has 1 atom stereocenters. The van der Waals surface area contributed by atoms with Crippen molar-refractivity contribution >= 4 is 23.2 Å². The van der Waals surface area contributed by atoms with Crippen molar-refractivity contribution in [2.24, 2.45) is 0 Å². The van der Waals surface area contributed by atoms with Gasteiger partial charge in [0.2, 0.25) is 5.91 Å². The third kappa shape index (κ3) is 3.15. The summed E-state index contributed by atoms with van der Waals surface area (Å²) in [7, 11) is 0. The summed E-state index contributed by atoms with van der Waals surface area (Å²) in [5.41, 5.74) is 0.974. The number of amides is 2. The second-order valence-electron chi connectivity index (χ2n) is 5.20. The van der Waals surface area contributed by atoms with Gasteiger partial charge in [0.1, 0.15) is 11.6 Å². The lowest BCUT2D eigenvalue weighted by Crippen LogP contribution is -2.48. The SMILES string of the molecule is CC(=O)N1CC(C(=O)Nc2cccc(F)c2)Oc2ccccc21. The molecule has 0 bridgehead atoms. The third-order valence-electron chi connectivity index (χ3n) is 3.54. The van der Waals surface area contributed by atoms with E-state index >= 15 is 0 Å². The van der Waals surface area contributed by atoms with Crippen molar-refractivity contribution in [1.82, 2.24) is 0 Å². The van der Waals surface area contributed by atoms with E-state index in [1.807, 2.05) is 0 Å². The van der Waals surface area contributed by atoms with Crippen LogP contribution in [0.2, 0.25) is 0 Å². The zero-order valence-electron chi connectivity index (χ0n) is 12.5. The summed E-state index contributed by atoms with van der Waals surface area (Å²) >= 11 is 0. The number of nitrogens with zero attached hydrogens (tertiary/aromatic N) is 1. The zero-order valence-corrected chi connectivity index (χ0v) is 12.5. The number of rotatable bonds is 2. The highest BCUT2D eigenvalue weighted by Gasteiger charge is 2.32. The molecule has 3 rings (SSSR count). The standard InChI is InChI=1S/C17H15FN2O3/c1-11(21)20-10-16(23-15-8-3-2-7-14(15)20)17(22)19-13-6-4-5-12(18)9-13/h2-9,16H,10H2,1H3,(H,19,22). The van der Waals surface area contributed by atoms with Crippen LogP contribution in [0.25, 0.3) is 0 Å². The fraction of sp³-hybridized carbons (Fsp3) is 0.176. The minimum Gasteiger partial charge on any atom is -0.476 e. The van der Waals surface area contributed by atoms with Gasteiger partial charge in [0, 0.05) is 12.6 Å². The predicted molar refractivity (Wildman–Crippen MR) is 83.9 cm³/mol. The highest BCUT2D eigenvalue weighted by Crippen LogP contribution is 2.33. The number of para-hydroxylation sites is 2. The largest absolute Gasteiger partial charge is 0.476 e. The molecule has 1 aliphatic rings. The Morgan fingerprint density at radius 3 is 2.74 bits per heavy atom. The monoisotopic (exact) mass is 314 g/mol. The van der Waals surface area contributed by atoms with Crippen LogP contribution >= 0.6 is 0 Å². The summed E-state index contributed by atoms with van der Waals surface area (Å²) in [6.07, 6.45) is -0.864. The Morgan fingerprint density at radius 2 is 2.00 bits per heavy atom. The molecular formula is C17H15FN2O3. The highest BCUT2D eigenvalue weighted by atomic mass is 19.1. The Kier molecular flexibility index (Phi) is 3.97. The Morgan fingerprint density at radius 1 is 1.22 bits per heavy atom. The number of halogens is 1. The van der Waals surface area contributed by atoms with E-state index in [4.69, 9.17) is 4.74 Å². The first-order valence-corrected chi connectivity index (χ1v) is 7.15. The van der Waals surface area contributed by atoms with Crippen molar-refractivity contribution in [3.05, 3.63) is 54.3 Å². The lowest BCUT2D eigenvalue weighted by atomic mass is 10.1. The van der Waals surface area contributed by atoms with Gasteiger partial charge in [-0.05, 0) is 30.3 Å². The molecule has 1 unspecified atom stereocenters. The fourth-order valence-electron chi connectivity index (χ4n) is 2.46. The van der Waals surface area contributed by atoms with Crippen molar-refractivity contribution in [3.63, 3.8) is 0 Å². The van der Waals surface area contributed by atoms with Gasteiger partial charge >= 0.3 is 0 Å². The molecule has 0 spiro atoms. The maximum absolute atomic E-state index is 13.2. The molecule has 0 saturated carbocycles. The molecule has 0 aromatic heterocycles. The van der Waals surface area contributed by atoms with Gasteiger partial charge in [-0.1, -0.05) is 18.2 Å². The molecule has 2 aromatic carbocycles. The van der Waals surface area contributed by atoms with E-state index in [0.29, 0.717) is 17.1 Å². The van der Waals surface area contributed by atoms with Crippen LogP contribution in [-0.4, -0.2) is 24.5 Å². The first-order valence-electron chi connectivity index (χ1n) is 7.15. The Labute approximate surface area is 132 Å². The van der Waals surface area contributed by atoms with Crippen molar-refractivity contribution in [2.75, 3.05) is 16.8 Å². The van der Waals surface area contributed by atoms with Crippen LogP contribution in [0.4, 0.5) is 15.8 Å². The van der Waals surface area contributed by atoms with Crippen molar-refractivity contribution in [2.45, 2.75) is 13.0 Å². The van der Waals surface area contributed by atoms with Crippen LogP contribution in [0.5, 0.6) is 5.75 Å². The number of ether oxygens (including phenoxy) is 1. The summed E-state index contributed by atoms with van der Waals surface area (Å²) < 4.78 is 18.9. The van der Waals surface area contributed by atoms with E-state index in [0.717, 1.165) is 0 Å². The molecule has 6 heteroatoms. The number of hydrogen-bond donors (Lipinski definition) is 1. The van der Waals surface area contributed by atoms with E-state index in [2.05, 4.69) is 5.32 Å². The van der Waals surface area contributed by atoms with Crippen LogP contribution in [0.3, 0.4) is 0 Å². The number of carbonyl (C=O) groups is 2. The normalized spacial score (nSPS) is 16.3. The quantitative estimate of drug-likeness (QED) is 0.927. The van der Waals surface area contributed by atoms with Crippen molar-refractivity contribution in [1.29, 1.82) is 0 Å². The average molecular weight is 314 g/mol. The molecule has 1 heterocycles. The molecule has 0 aliphatic carbocycles. The zero-order chi connectivity index (χ0) is 16.4. The van der Waals surface area contributed by atoms with Crippen molar-refractivity contribution in [3.8, 4) is 5.75 Å².